The van der Waals surface area contributed by atoms with E-state index in [4.69, 9.17) is 9.72 Å². The van der Waals surface area contributed by atoms with Crippen LogP contribution >= 0.6 is 11.3 Å². The van der Waals surface area contributed by atoms with Gasteiger partial charge < -0.3 is 9.64 Å². The van der Waals surface area contributed by atoms with Gasteiger partial charge in [-0.3, -0.25) is 14.5 Å². The summed E-state index contributed by atoms with van der Waals surface area (Å²) in [6, 6.07) is 23.2. The summed E-state index contributed by atoms with van der Waals surface area (Å²) in [6.45, 7) is 1.80. The van der Waals surface area contributed by atoms with E-state index in [1.165, 1.54) is 11.3 Å². The van der Waals surface area contributed by atoms with Crippen molar-refractivity contribution < 1.29 is 14.3 Å². The second-order valence-corrected chi connectivity index (χ2v) is 9.33. The van der Waals surface area contributed by atoms with Crippen molar-refractivity contribution >= 4 is 38.5 Å². The zero-order chi connectivity index (χ0) is 23.5. The molecule has 0 saturated carbocycles. The number of benzene rings is 3. The number of carbonyl (C=O) groups excluding carboxylic acids is 2. The number of nitrogens with zero attached hydrogens (tertiary/aromatic N) is 3. The number of aromatic nitrogens is 1. The average molecular weight is 472 g/mol. The van der Waals surface area contributed by atoms with Crippen molar-refractivity contribution in [1.82, 2.24) is 9.88 Å². The summed E-state index contributed by atoms with van der Waals surface area (Å²) < 4.78 is 6.31. The molecule has 0 N–H and O–H groups in total. The molecule has 1 fully saturated rings. The third-order valence-electron chi connectivity index (χ3n) is 5.99. The Labute approximate surface area is 202 Å². The van der Waals surface area contributed by atoms with Crippen molar-refractivity contribution in [2.45, 2.75) is 25.9 Å². The van der Waals surface area contributed by atoms with Crippen LogP contribution in [0.4, 0.5) is 5.13 Å². The maximum absolute atomic E-state index is 13.7. The van der Waals surface area contributed by atoms with E-state index in [2.05, 4.69) is 0 Å². The molecule has 1 saturated heterocycles. The lowest BCUT2D eigenvalue weighted by Crippen LogP contribution is -2.30. The number of rotatable bonds is 7. The van der Waals surface area contributed by atoms with Crippen molar-refractivity contribution in [1.29, 1.82) is 0 Å². The molecule has 0 spiro atoms. The molecule has 0 unspecified atom stereocenters. The summed E-state index contributed by atoms with van der Waals surface area (Å²) in [5.74, 6) is 0.844. The fourth-order valence-electron chi connectivity index (χ4n) is 4.13. The Morgan fingerprint density at radius 1 is 1.06 bits per heavy atom. The van der Waals surface area contributed by atoms with E-state index in [-0.39, 0.29) is 11.8 Å². The van der Waals surface area contributed by atoms with Gasteiger partial charge in [0.15, 0.2) is 5.13 Å². The number of amides is 2. The van der Waals surface area contributed by atoms with E-state index in [1.807, 2.05) is 77.7 Å². The number of methoxy groups -OCH3 is 1. The number of hydrogen-bond acceptors (Lipinski definition) is 5. The lowest BCUT2D eigenvalue weighted by Gasteiger charge is -2.21. The molecule has 5 rings (SSSR count). The predicted octanol–water partition coefficient (Wildman–Crippen LogP) is 5.27. The molecule has 0 atom stereocenters. The molecule has 2 heterocycles. The van der Waals surface area contributed by atoms with Gasteiger partial charge in [-0.2, -0.15) is 0 Å². The fourth-order valence-corrected chi connectivity index (χ4v) is 5.12. The Morgan fingerprint density at radius 3 is 2.56 bits per heavy atom. The Bertz CT molecular complexity index is 1320. The molecule has 4 aromatic rings. The van der Waals surface area contributed by atoms with Crippen LogP contribution in [0.3, 0.4) is 0 Å². The molecule has 1 aromatic heterocycles. The molecule has 0 aliphatic carbocycles. The van der Waals surface area contributed by atoms with Crippen molar-refractivity contribution in [3.63, 3.8) is 0 Å². The summed E-state index contributed by atoms with van der Waals surface area (Å²) in [6.07, 6.45) is 1.54. The highest BCUT2D eigenvalue weighted by atomic mass is 32.1. The molecular weight excluding hydrogens is 446 g/mol. The van der Waals surface area contributed by atoms with Crippen LogP contribution in [0.5, 0.6) is 5.75 Å². The number of likely N-dealkylation sites (tertiary alicyclic amines) is 1. The largest absolute Gasteiger partial charge is 0.497 e. The molecule has 0 bridgehead atoms. The number of thiazole rings is 1. The molecule has 1 aliphatic heterocycles. The number of ether oxygens (including phenoxy) is 1. The molecule has 3 aromatic carbocycles. The normalized spacial score (nSPS) is 13.4. The minimum absolute atomic E-state index is 0.112. The Morgan fingerprint density at radius 2 is 1.85 bits per heavy atom. The summed E-state index contributed by atoms with van der Waals surface area (Å²) in [5, 5.41) is 0.642. The zero-order valence-corrected chi connectivity index (χ0v) is 19.8. The van der Waals surface area contributed by atoms with Crippen molar-refractivity contribution in [2.75, 3.05) is 18.6 Å². The van der Waals surface area contributed by atoms with E-state index in [0.29, 0.717) is 30.2 Å². The van der Waals surface area contributed by atoms with Gasteiger partial charge in [-0.1, -0.05) is 53.8 Å². The second-order valence-electron chi connectivity index (χ2n) is 8.32. The van der Waals surface area contributed by atoms with Crippen LogP contribution < -0.4 is 9.64 Å². The zero-order valence-electron chi connectivity index (χ0n) is 18.9. The first kappa shape index (κ1) is 22.1. The Balaban J connectivity index is 1.43. The van der Waals surface area contributed by atoms with Crippen LogP contribution in [0.2, 0.25) is 0 Å². The summed E-state index contributed by atoms with van der Waals surface area (Å²) in [5.41, 5.74) is 3.46. The van der Waals surface area contributed by atoms with Gasteiger partial charge in [0, 0.05) is 25.1 Å². The summed E-state index contributed by atoms with van der Waals surface area (Å²) >= 11 is 1.47. The molecule has 172 valence electrons. The van der Waals surface area contributed by atoms with Crippen LogP contribution in [-0.4, -0.2) is 35.4 Å². The smallest absolute Gasteiger partial charge is 0.260 e. The summed E-state index contributed by atoms with van der Waals surface area (Å²) in [4.78, 5) is 33.9. The second kappa shape index (κ2) is 9.65. The van der Waals surface area contributed by atoms with Gasteiger partial charge in [0.05, 0.1) is 23.9 Å². The van der Waals surface area contributed by atoms with E-state index in [0.717, 1.165) is 40.1 Å². The average Bonchev–Trinajstić information content (AvgIpc) is 3.48. The van der Waals surface area contributed by atoms with E-state index in [1.54, 1.807) is 12.0 Å². The highest BCUT2D eigenvalue weighted by molar-refractivity contribution is 7.22. The lowest BCUT2D eigenvalue weighted by atomic mass is 10.1. The molecule has 6 nitrogen and oxygen atoms in total. The minimum Gasteiger partial charge on any atom is -0.497 e. The van der Waals surface area contributed by atoms with Gasteiger partial charge in [-0.25, -0.2) is 4.98 Å². The molecule has 7 heteroatoms. The lowest BCUT2D eigenvalue weighted by molar-refractivity contribution is -0.128. The van der Waals surface area contributed by atoms with Gasteiger partial charge in [-0.15, -0.1) is 0 Å². The number of fused-ring (bicyclic) bond motifs is 1. The van der Waals surface area contributed by atoms with Crippen LogP contribution in [-0.2, 0) is 17.9 Å². The molecule has 2 amide bonds. The fraction of sp³-hybridized carbons (Fsp3) is 0.222. The van der Waals surface area contributed by atoms with Crippen LogP contribution in [0.1, 0.15) is 34.3 Å². The standard InChI is InChI=1S/C27H25N3O3S/c1-33-22-13-14-23-24(16-22)34-27(28-23)30(18-19-6-3-2-4-7-19)26(32)21-11-9-20(10-12-21)17-29-15-5-8-25(29)31/h2-4,6-7,9-14,16H,5,8,15,17-18H2,1H3. The van der Waals surface area contributed by atoms with Gasteiger partial charge in [0.2, 0.25) is 5.91 Å². The molecule has 34 heavy (non-hydrogen) atoms. The highest BCUT2D eigenvalue weighted by Gasteiger charge is 2.23. The summed E-state index contributed by atoms with van der Waals surface area (Å²) in [7, 11) is 1.64. The highest BCUT2D eigenvalue weighted by Crippen LogP contribution is 2.33. The SMILES string of the molecule is COc1ccc2nc(N(Cc3ccccc3)C(=O)c3ccc(CN4CCCC4=O)cc3)sc2c1. The third kappa shape index (κ3) is 4.65. The molecule has 0 radical (unpaired) electrons. The Kier molecular flexibility index (Phi) is 6.27. The van der Waals surface area contributed by atoms with Crippen molar-refractivity contribution in [3.8, 4) is 5.75 Å². The first-order valence-corrected chi connectivity index (χ1v) is 12.1. The maximum Gasteiger partial charge on any atom is 0.260 e. The van der Waals surface area contributed by atoms with Crippen LogP contribution in [0.15, 0.2) is 72.8 Å². The van der Waals surface area contributed by atoms with E-state index in [9.17, 15) is 9.59 Å². The first-order chi connectivity index (χ1) is 16.6. The monoisotopic (exact) mass is 471 g/mol. The first-order valence-electron chi connectivity index (χ1n) is 11.3. The quantitative estimate of drug-likeness (QED) is 0.368. The maximum atomic E-state index is 13.7. The predicted molar refractivity (Wildman–Crippen MR) is 134 cm³/mol. The van der Waals surface area contributed by atoms with Gasteiger partial charge in [0.1, 0.15) is 5.75 Å². The Hall–Kier alpha value is -3.71. The van der Waals surface area contributed by atoms with Gasteiger partial charge in [-0.05, 0) is 47.9 Å². The molecule has 1 aliphatic rings. The van der Waals surface area contributed by atoms with E-state index < -0.39 is 0 Å². The molecular formula is C27H25N3O3S. The van der Waals surface area contributed by atoms with Gasteiger partial charge >= 0.3 is 0 Å². The van der Waals surface area contributed by atoms with E-state index >= 15 is 0 Å². The van der Waals surface area contributed by atoms with Gasteiger partial charge in [0.25, 0.3) is 5.91 Å². The van der Waals surface area contributed by atoms with Crippen molar-refractivity contribution in [3.05, 3.63) is 89.5 Å². The number of hydrogen-bond donors (Lipinski definition) is 0. The topological polar surface area (TPSA) is 62.7 Å². The van der Waals surface area contributed by atoms with Crippen molar-refractivity contribution in [2.24, 2.45) is 0 Å². The minimum atomic E-state index is -0.112. The number of carbonyl (C=O) groups is 2. The van der Waals surface area contributed by atoms with Crippen LogP contribution in [0, 0.1) is 0 Å². The number of anilines is 1. The third-order valence-corrected chi connectivity index (χ3v) is 7.03. The van der Waals surface area contributed by atoms with Crippen LogP contribution in [0.25, 0.3) is 10.2 Å².